The minimum atomic E-state index is 0.0935. The van der Waals surface area contributed by atoms with E-state index >= 15 is 0 Å². The first-order chi connectivity index (χ1) is 9.65. The molecule has 2 atom stereocenters. The molecule has 0 spiro atoms. The van der Waals surface area contributed by atoms with Gasteiger partial charge in [0, 0.05) is 30.8 Å². The molecule has 0 aliphatic carbocycles. The summed E-state index contributed by atoms with van der Waals surface area (Å²) in [6, 6.07) is 5.67. The summed E-state index contributed by atoms with van der Waals surface area (Å²) < 4.78 is 11.3. The van der Waals surface area contributed by atoms with Crippen LogP contribution in [0.4, 0.5) is 0 Å². The third kappa shape index (κ3) is 2.72. The largest absolute Gasteiger partial charge is 0.496 e. The molecule has 0 N–H and O–H groups in total. The van der Waals surface area contributed by atoms with Crippen LogP contribution < -0.4 is 4.74 Å². The number of nitrogens with zero attached hydrogens (tertiary/aromatic N) is 1. The fraction of sp³-hybridized carbons (Fsp3) is 0.562. The van der Waals surface area contributed by atoms with E-state index in [0.717, 1.165) is 36.5 Å². The smallest absolute Gasteiger partial charge is 0.159 e. The lowest BCUT2D eigenvalue weighted by Crippen LogP contribution is -2.42. The van der Waals surface area contributed by atoms with Gasteiger partial charge in [0.2, 0.25) is 0 Å². The number of methoxy groups -OCH3 is 1. The number of morpholine rings is 1. The van der Waals surface area contributed by atoms with E-state index in [1.165, 1.54) is 12.8 Å². The Morgan fingerprint density at radius 3 is 2.65 bits per heavy atom. The van der Waals surface area contributed by atoms with Gasteiger partial charge in [-0.25, -0.2) is 0 Å². The van der Waals surface area contributed by atoms with Crippen LogP contribution >= 0.6 is 0 Å². The molecular formula is C16H21NO3. The summed E-state index contributed by atoms with van der Waals surface area (Å²) in [6.45, 7) is 4.37. The maximum absolute atomic E-state index is 11.5. The highest BCUT2D eigenvalue weighted by atomic mass is 16.5. The highest BCUT2D eigenvalue weighted by Crippen LogP contribution is 2.29. The zero-order valence-electron chi connectivity index (χ0n) is 12.1. The summed E-state index contributed by atoms with van der Waals surface area (Å²) in [5, 5.41) is 0. The Labute approximate surface area is 119 Å². The van der Waals surface area contributed by atoms with Gasteiger partial charge in [-0.05, 0) is 38.0 Å². The predicted molar refractivity (Wildman–Crippen MR) is 76.2 cm³/mol. The Morgan fingerprint density at radius 1 is 1.35 bits per heavy atom. The molecule has 2 heterocycles. The van der Waals surface area contributed by atoms with Gasteiger partial charge in [0.25, 0.3) is 0 Å². The molecule has 0 aromatic heterocycles. The molecule has 4 heteroatoms. The topological polar surface area (TPSA) is 38.8 Å². The lowest BCUT2D eigenvalue weighted by Gasteiger charge is -2.32. The number of benzene rings is 1. The third-order valence-electron chi connectivity index (χ3n) is 4.20. The number of hydrogen-bond acceptors (Lipinski definition) is 4. The van der Waals surface area contributed by atoms with Crippen LogP contribution in [-0.2, 0) is 11.3 Å². The van der Waals surface area contributed by atoms with E-state index in [4.69, 9.17) is 9.47 Å². The maximum atomic E-state index is 11.5. The van der Waals surface area contributed by atoms with Crippen LogP contribution in [0.15, 0.2) is 18.2 Å². The van der Waals surface area contributed by atoms with Crippen LogP contribution in [0.25, 0.3) is 0 Å². The summed E-state index contributed by atoms with van der Waals surface area (Å²) in [6.07, 6.45) is 3.11. The van der Waals surface area contributed by atoms with Gasteiger partial charge in [-0.1, -0.05) is 0 Å². The molecular weight excluding hydrogens is 254 g/mol. The summed E-state index contributed by atoms with van der Waals surface area (Å²) in [5.74, 6) is 0.949. The van der Waals surface area contributed by atoms with E-state index in [2.05, 4.69) is 4.90 Å². The van der Waals surface area contributed by atoms with Crippen LogP contribution in [0.1, 0.15) is 35.7 Å². The first kappa shape index (κ1) is 13.6. The average molecular weight is 275 g/mol. The van der Waals surface area contributed by atoms with E-state index in [1.54, 1.807) is 14.0 Å². The van der Waals surface area contributed by atoms with Gasteiger partial charge in [0.1, 0.15) is 5.75 Å². The van der Waals surface area contributed by atoms with E-state index in [-0.39, 0.29) is 5.78 Å². The van der Waals surface area contributed by atoms with Crippen molar-refractivity contribution in [3.8, 4) is 5.75 Å². The van der Waals surface area contributed by atoms with Gasteiger partial charge in [0.05, 0.1) is 19.3 Å². The molecule has 20 heavy (non-hydrogen) atoms. The standard InChI is InChI=1S/C16H21NO3/c1-11(18)12-3-6-16(19-2)13(7-12)8-17-9-14-4-5-15(10-17)20-14/h3,6-7,14-15H,4-5,8-10H2,1-2H3. The van der Waals surface area contributed by atoms with Crippen molar-refractivity contribution in [2.45, 2.75) is 38.5 Å². The van der Waals surface area contributed by atoms with Gasteiger partial charge in [-0.3, -0.25) is 9.69 Å². The second-order valence-electron chi connectivity index (χ2n) is 5.73. The van der Waals surface area contributed by atoms with Crippen LogP contribution in [0.3, 0.4) is 0 Å². The lowest BCUT2D eigenvalue weighted by atomic mass is 10.1. The number of carbonyl (C=O) groups excluding carboxylic acids is 1. The number of hydrogen-bond donors (Lipinski definition) is 0. The Morgan fingerprint density at radius 2 is 2.05 bits per heavy atom. The van der Waals surface area contributed by atoms with Gasteiger partial charge < -0.3 is 9.47 Å². The number of fused-ring (bicyclic) bond motifs is 2. The number of ether oxygens (including phenoxy) is 2. The fourth-order valence-electron chi connectivity index (χ4n) is 3.19. The zero-order valence-corrected chi connectivity index (χ0v) is 12.1. The molecule has 4 nitrogen and oxygen atoms in total. The monoisotopic (exact) mass is 275 g/mol. The quantitative estimate of drug-likeness (QED) is 0.790. The van der Waals surface area contributed by atoms with E-state index in [0.29, 0.717) is 12.2 Å². The molecule has 2 aliphatic rings. The highest BCUT2D eigenvalue weighted by Gasteiger charge is 2.33. The van der Waals surface area contributed by atoms with E-state index in [9.17, 15) is 4.79 Å². The molecule has 108 valence electrons. The van der Waals surface area contributed by atoms with E-state index in [1.807, 2.05) is 18.2 Å². The summed E-state index contributed by atoms with van der Waals surface area (Å²) in [5.41, 5.74) is 1.83. The van der Waals surface area contributed by atoms with Crippen LogP contribution in [0.5, 0.6) is 5.75 Å². The van der Waals surface area contributed by atoms with Crippen molar-refractivity contribution in [2.75, 3.05) is 20.2 Å². The minimum absolute atomic E-state index is 0.0935. The number of Topliss-reactive ketones (excluding diaryl/α,β-unsaturated/α-hetero) is 1. The number of likely N-dealkylation sites (tertiary alicyclic amines) is 1. The lowest BCUT2D eigenvalue weighted by molar-refractivity contribution is -0.0412. The normalized spacial score (nSPS) is 25.7. The number of carbonyl (C=O) groups is 1. The van der Waals surface area contributed by atoms with Gasteiger partial charge >= 0.3 is 0 Å². The van der Waals surface area contributed by atoms with Crippen molar-refractivity contribution >= 4 is 5.78 Å². The first-order valence-electron chi connectivity index (χ1n) is 7.21. The molecule has 2 fully saturated rings. The molecule has 0 saturated carbocycles. The number of ketones is 1. The molecule has 2 unspecified atom stereocenters. The van der Waals surface area contributed by atoms with Crippen LogP contribution in [-0.4, -0.2) is 43.1 Å². The molecule has 0 radical (unpaired) electrons. The predicted octanol–water partition coefficient (Wildman–Crippen LogP) is 2.26. The van der Waals surface area contributed by atoms with Crippen LogP contribution in [0.2, 0.25) is 0 Å². The SMILES string of the molecule is COc1ccc(C(C)=O)cc1CN1CC2CCC(C1)O2. The zero-order chi connectivity index (χ0) is 14.1. The minimum Gasteiger partial charge on any atom is -0.496 e. The van der Waals surface area contributed by atoms with Crippen molar-refractivity contribution in [3.05, 3.63) is 29.3 Å². The number of rotatable bonds is 4. The summed E-state index contributed by atoms with van der Waals surface area (Å²) >= 11 is 0. The van der Waals surface area contributed by atoms with Crippen molar-refractivity contribution in [3.63, 3.8) is 0 Å². The second-order valence-corrected chi connectivity index (χ2v) is 5.73. The van der Waals surface area contributed by atoms with E-state index < -0.39 is 0 Å². The second kappa shape index (κ2) is 5.54. The Bertz CT molecular complexity index is 502. The molecule has 3 rings (SSSR count). The molecule has 2 saturated heterocycles. The maximum Gasteiger partial charge on any atom is 0.159 e. The first-order valence-corrected chi connectivity index (χ1v) is 7.21. The highest BCUT2D eigenvalue weighted by molar-refractivity contribution is 5.94. The Kier molecular flexibility index (Phi) is 3.76. The Balaban J connectivity index is 1.78. The average Bonchev–Trinajstić information content (AvgIpc) is 2.78. The molecule has 1 aromatic rings. The molecule has 1 aromatic carbocycles. The van der Waals surface area contributed by atoms with Crippen LogP contribution in [0, 0.1) is 0 Å². The molecule has 2 aliphatic heterocycles. The summed E-state index contributed by atoms with van der Waals surface area (Å²) in [7, 11) is 1.68. The van der Waals surface area contributed by atoms with Gasteiger partial charge in [0.15, 0.2) is 5.78 Å². The fourth-order valence-corrected chi connectivity index (χ4v) is 3.19. The third-order valence-corrected chi connectivity index (χ3v) is 4.20. The van der Waals surface area contributed by atoms with Crippen molar-refractivity contribution < 1.29 is 14.3 Å². The summed E-state index contributed by atoms with van der Waals surface area (Å²) in [4.78, 5) is 13.9. The van der Waals surface area contributed by atoms with Crippen molar-refractivity contribution in [2.24, 2.45) is 0 Å². The van der Waals surface area contributed by atoms with Gasteiger partial charge in [-0.2, -0.15) is 0 Å². The Hall–Kier alpha value is -1.39. The molecule has 2 bridgehead atoms. The van der Waals surface area contributed by atoms with Crippen molar-refractivity contribution in [1.82, 2.24) is 4.90 Å². The van der Waals surface area contributed by atoms with Gasteiger partial charge in [-0.15, -0.1) is 0 Å². The molecule has 0 amide bonds. The van der Waals surface area contributed by atoms with Crippen molar-refractivity contribution in [1.29, 1.82) is 0 Å².